The average Bonchev–Trinajstić information content (AvgIpc) is 3.07. The first-order valence-electron chi connectivity index (χ1n) is 9.70. The van der Waals surface area contributed by atoms with E-state index in [1.165, 1.54) is 0 Å². The van der Waals surface area contributed by atoms with Crippen molar-refractivity contribution < 1.29 is 14.6 Å². The quantitative estimate of drug-likeness (QED) is 0.430. The van der Waals surface area contributed by atoms with E-state index >= 15 is 0 Å². The summed E-state index contributed by atoms with van der Waals surface area (Å²) in [6.45, 7) is 1.96. The molecule has 1 aliphatic rings. The van der Waals surface area contributed by atoms with Gasteiger partial charge in [0, 0.05) is 27.8 Å². The van der Waals surface area contributed by atoms with Crippen LogP contribution in [0.15, 0.2) is 72.8 Å². The lowest BCUT2D eigenvalue weighted by molar-refractivity contribution is 0.104. The van der Waals surface area contributed by atoms with Crippen LogP contribution in [0.5, 0.6) is 11.5 Å². The number of aromatic nitrogens is 1. The summed E-state index contributed by atoms with van der Waals surface area (Å²) in [6.07, 6.45) is 0. The lowest BCUT2D eigenvalue weighted by Crippen LogP contribution is -2.01. The van der Waals surface area contributed by atoms with Crippen molar-refractivity contribution >= 4 is 5.78 Å². The van der Waals surface area contributed by atoms with Gasteiger partial charge < -0.3 is 9.84 Å². The predicted octanol–water partition coefficient (Wildman–Crippen LogP) is 5.65. The Hall–Kier alpha value is -3.92. The number of phenolic OH excluding ortho intramolecular Hbond substituents is 1. The Labute approximate surface area is 174 Å². The number of rotatable bonds is 3. The molecule has 0 fully saturated rings. The van der Waals surface area contributed by atoms with Gasteiger partial charge in [0.15, 0.2) is 5.78 Å². The molecule has 30 heavy (non-hydrogen) atoms. The SMILES string of the molecule is COc1ccc(-c2cc(-c3cc(C)ccc3O)c3c(n2)-c2ccccc2C3=O)cc1. The van der Waals surface area contributed by atoms with Crippen molar-refractivity contribution in [3.8, 4) is 45.1 Å². The molecule has 0 saturated heterocycles. The number of fused-ring (bicyclic) bond motifs is 3. The summed E-state index contributed by atoms with van der Waals surface area (Å²) in [4.78, 5) is 18.1. The van der Waals surface area contributed by atoms with Crippen molar-refractivity contribution in [1.29, 1.82) is 0 Å². The monoisotopic (exact) mass is 393 g/mol. The number of carbonyl (C=O) groups excluding carboxylic acids is 1. The minimum atomic E-state index is -0.0645. The van der Waals surface area contributed by atoms with Gasteiger partial charge in [0.2, 0.25) is 0 Å². The zero-order valence-electron chi connectivity index (χ0n) is 16.6. The van der Waals surface area contributed by atoms with E-state index in [1.54, 1.807) is 13.2 Å². The number of hydrogen-bond donors (Lipinski definition) is 1. The van der Waals surface area contributed by atoms with Crippen LogP contribution in [-0.2, 0) is 0 Å². The van der Waals surface area contributed by atoms with Gasteiger partial charge in [-0.3, -0.25) is 4.79 Å². The minimum absolute atomic E-state index is 0.0645. The van der Waals surface area contributed by atoms with Crippen LogP contribution in [0, 0.1) is 6.92 Å². The first kappa shape index (κ1) is 18.1. The fourth-order valence-corrected chi connectivity index (χ4v) is 3.98. The van der Waals surface area contributed by atoms with Gasteiger partial charge in [-0.25, -0.2) is 4.98 Å². The number of ether oxygens (including phenoxy) is 1. The molecule has 0 saturated carbocycles. The number of aromatic hydroxyl groups is 1. The Bertz CT molecular complexity index is 1310. The molecule has 0 atom stereocenters. The summed E-state index contributed by atoms with van der Waals surface area (Å²) < 4.78 is 5.26. The molecule has 0 amide bonds. The number of nitrogens with zero attached hydrogens (tertiary/aromatic N) is 1. The molecular weight excluding hydrogens is 374 g/mol. The highest BCUT2D eigenvalue weighted by molar-refractivity contribution is 6.24. The molecule has 146 valence electrons. The van der Waals surface area contributed by atoms with E-state index in [0.29, 0.717) is 27.9 Å². The molecular formula is C26H19NO3. The summed E-state index contributed by atoms with van der Waals surface area (Å²) in [7, 11) is 1.63. The van der Waals surface area contributed by atoms with Gasteiger partial charge in [0.1, 0.15) is 11.5 Å². The lowest BCUT2D eigenvalue weighted by Gasteiger charge is -2.13. The van der Waals surface area contributed by atoms with Crippen LogP contribution in [0.25, 0.3) is 33.6 Å². The first-order chi connectivity index (χ1) is 14.6. The van der Waals surface area contributed by atoms with Crippen molar-refractivity contribution in [2.24, 2.45) is 0 Å². The molecule has 3 aromatic carbocycles. The second-order valence-electron chi connectivity index (χ2n) is 7.40. The van der Waals surface area contributed by atoms with Gasteiger partial charge in [-0.15, -0.1) is 0 Å². The Kier molecular flexibility index (Phi) is 4.14. The van der Waals surface area contributed by atoms with Gasteiger partial charge in [-0.2, -0.15) is 0 Å². The molecule has 1 heterocycles. The van der Waals surface area contributed by atoms with Crippen LogP contribution in [0.2, 0.25) is 0 Å². The Morgan fingerprint density at radius 3 is 2.30 bits per heavy atom. The molecule has 0 spiro atoms. The number of ketones is 1. The number of aryl methyl sites for hydroxylation is 1. The smallest absolute Gasteiger partial charge is 0.196 e. The van der Waals surface area contributed by atoms with E-state index in [-0.39, 0.29) is 11.5 Å². The van der Waals surface area contributed by atoms with Crippen LogP contribution in [0.1, 0.15) is 21.5 Å². The molecule has 1 N–H and O–H groups in total. The topological polar surface area (TPSA) is 59.4 Å². The van der Waals surface area contributed by atoms with Gasteiger partial charge >= 0.3 is 0 Å². The number of benzene rings is 3. The van der Waals surface area contributed by atoms with E-state index in [4.69, 9.17) is 9.72 Å². The highest BCUT2D eigenvalue weighted by atomic mass is 16.5. The zero-order valence-corrected chi connectivity index (χ0v) is 16.6. The molecule has 0 bridgehead atoms. The molecule has 1 aliphatic carbocycles. The Morgan fingerprint density at radius 2 is 1.57 bits per heavy atom. The van der Waals surface area contributed by atoms with E-state index in [9.17, 15) is 9.90 Å². The maximum absolute atomic E-state index is 13.3. The second-order valence-corrected chi connectivity index (χ2v) is 7.40. The fourth-order valence-electron chi connectivity index (χ4n) is 3.98. The summed E-state index contributed by atoms with van der Waals surface area (Å²) in [5.41, 5.74) is 6.61. The van der Waals surface area contributed by atoms with E-state index in [1.807, 2.05) is 73.7 Å². The molecule has 0 aliphatic heterocycles. The normalized spacial score (nSPS) is 11.9. The average molecular weight is 393 g/mol. The van der Waals surface area contributed by atoms with Crippen molar-refractivity contribution in [2.45, 2.75) is 6.92 Å². The first-order valence-corrected chi connectivity index (χ1v) is 9.70. The van der Waals surface area contributed by atoms with Crippen molar-refractivity contribution in [1.82, 2.24) is 4.98 Å². The van der Waals surface area contributed by atoms with Crippen molar-refractivity contribution in [3.63, 3.8) is 0 Å². The molecule has 4 nitrogen and oxygen atoms in total. The molecule has 4 heteroatoms. The fraction of sp³-hybridized carbons (Fsp3) is 0.0769. The summed E-state index contributed by atoms with van der Waals surface area (Å²) in [5, 5.41) is 10.6. The molecule has 1 aromatic heterocycles. The van der Waals surface area contributed by atoms with Gasteiger partial charge in [0.25, 0.3) is 0 Å². The van der Waals surface area contributed by atoms with Crippen LogP contribution < -0.4 is 4.74 Å². The standard InChI is InChI=1S/C26H19NO3/c1-15-7-12-23(28)20(13-15)21-14-22(16-8-10-17(30-2)11-9-16)27-25-18-5-3-4-6-19(18)26(29)24(21)25/h3-14,28H,1-2H3. The van der Waals surface area contributed by atoms with Gasteiger partial charge in [-0.1, -0.05) is 35.9 Å². The molecule has 0 unspecified atom stereocenters. The predicted molar refractivity (Wildman–Crippen MR) is 117 cm³/mol. The second kappa shape index (κ2) is 6.85. The Balaban J connectivity index is 1.82. The number of pyridine rings is 1. The number of phenols is 1. The molecule has 5 rings (SSSR count). The van der Waals surface area contributed by atoms with Crippen molar-refractivity contribution in [3.05, 3.63) is 89.5 Å². The highest BCUT2D eigenvalue weighted by Gasteiger charge is 2.32. The van der Waals surface area contributed by atoms with Gasteiger partial charge in [0.05, 0.1) is 24.1 Å². The Morgan fingerprint density at radius 1 is 0.833 bits per heavy atom. The van der Waals surface area contributed by atoms with Crippen LogP contribution in [-0.4, -0.2) is 23.0 Å². The number of carbonyl (C=O) groups is 1. The van der Waals surface area contributed by atoms with Crippen LogP contribution in [0.4, 0.5) is 0 Å². The summed E-state index contributed by atoms with van der Waals surface area (Å²) >= 11 is 0. The number of methoxy groups -OCH3 is 1. The van der Waals surface area contributed by atoms with Gasteiger partial charge in [-0.05, 0) is 49.4 Å². The van der Waals surface area contributed by atoms with Crippen LogP contribution in [0.3, 0.4) is 0 Å². The largest absolute Gasteiger partial charge is 0.507 e. The van der Waals surface area contributed by atoms with E-state index in [2.05, 4.69) is 0 Å². The third-order valence-corrected chi connectivity index (χ3v) is 5.50. The maximum atomic E-state index is 13.3. The van der Waals surface area contributed by atoms with E-state index in [0.717, 1.165) is 28.1 Å². The maximum Gasteiger partial charge on any atom is 0.196 e. The summed E-state index contributed by atoms with van der Waals surface area (Å²) in [5.74, 6) is 0.834. The van der Waals surface area contributed by atoms with Crippen LogP contribution >= 0.6 is 0 Å². The summed E-state index contributed by atoms with van der Waals surface area (Å²) in [6, 6.07) is 22.5. The van der Waals surface area contributed by atoms with E-state index < -0.39 is 0 Å². The van der Waals surface area contributed by atoms with Crippen molar-refractivity contribution in [2.75, 3.05) is 7.11 Å². The molecule has 0 radical (unpaired) electrons. The highest BCUT2D eigenvalue weighted by Crippen LogP contribution is 2.44. The minimum Gasteiger partial charge on any atom is -0.507 e. The third-order valence-electron chi connectivity index (χ3n) is 5.50. The third kappa shape index (κ3) is 2.77. The zero-order chi connectivity index (χ0) is 20.8. The number of hydrogen-bond acceptors (Lipinski definition) is 4. The lowest BCUT2D eigenvalue weighted by atomic mass is 9.94. The molecule has 4 aromatic rings.